The highest BCUT2D eigenvalue weighted by atomic mass is 16.5. The first kappa shape index (κ1) is 13.0. The van der Waals surface area contributed by atoms with Crippen molar-refractivity contribution in [3.63, 3.8) is 0 Å². The van der Waals surface area contributed by atoms with Crippen LogP contribution in [-0.2, 0) is 14.3 Å². The van der Waals surface area contributed by atoms with Crippen LogP contribution in [0.3, 0.4) is 0 Å². The van der Waals surface area contributed by atoms with Gasteiger partial charge in [-0.15, -0.1) is 0 Å². The summed E-state index contributed by atoms with van der Waals surface area (Å²) in [4.78, 5) is 11.5. The molecule has 1 atom stereocenters. The summed E-state index contributed by atoms with van der Waals surface area (Å²) >= 11 is 0. The van der Waals surface area contributed by atoms with Crippen molar-refractivity contribution in [1.82, 2.24) is 10.6 Å². The first-order chi connectivity index (χ1) is 7.83. The molecule has 0 saturated carbocycles. The molecule has 5 heteroatoms. The van der Waals surface area contributed by atoms with Crippen LogP contribution in [0, 0.1) is 0 Å². The van der Waals surface area contributed by atoms with Crippen LogP contribution in [0.4, 0.5) is 0 Å². The molecule has 0 aromatic carbocycles. The Morgan fingerprint density at radius 3 is 3.25 bits per heavy atom. The Morgan fingerprint density at radius 1 is 1.69 bits per heavy atom. The maximum atomic E-state index is 11.5. The summed E-state index contributed by atoms with van der Waals surface area (Å²) in [6.45, 7) is 6.85. The Labute approximate surface area is 96.2 Å². The molecule has 1 fully saturated rings. The molecule has 1 aliphatic heterocycles. The number of rotatable bonds is 7. The van der Waals surface area contributed by atoms with Crippen LogP contribution >= 0.6 is 0 Å². The van der Waals surface area contributed by atoms with E-state index in [2.05, 4.69) is 17.2 Å². The summed E-state index contributed by atoms with van der Waals surface area (Å²) in [5, 5.41) is 6.08. The Hall–Kier alpha value is -1.07. The largest absolute Gasteiger partial charge is 0.502 e. The summed E-state index contributed by atoms with van der Waals surface area (Å²) in [6.07, 6.45) is 2.68. The van der Waals surface area contributed by atoms with E-state index in [-0.39, 0.29) is 11.9 Å². The van der Waals surface area contributed by atoms with Crippen LogP contribution in [-0.4, -0.2) is 44.9 Å². The molecule has 1 rings (SSSR count). The van der Waals surface area contributed by atoms with Gasteiger partial charge in [-0.3, -0.25) is 4.79 Å². The van der Waals surface area contributed by atoms with Crippen LogP contribution < -0.4 is 10.6 Å². The number of hydrogen-bond acceptors (Lipinski definition) is 4. The molecule has 16 heavy (non-hydrogen) atoms. The van der Waals surface area contributed by atoms with Crippen molar-refractivity contribution in [2.45, 2.75) is 18.9 Å². The lowest BCUT2D eigenvalue weighted by molar-refractivity contribution is -0.122. The number of carbonyl (C=O) groups excluding carboxylic acids is 1. The molecule has 0 bridgehead atoms. The molecule has 0 aliphatic carbocycles. The van der Waals surface area contributed by atoms with Crippen molar-refractivity contribution in [2.24, 2.45) is 0 Å². The van der Waals surface area contributed by atoms with E-state index in [1.807, 2.05) is 0 Å². The number of nitrogens with one attached hydrogen (secondary N) is 2. The lowest BCUT2D eigenvalue weighted by Crippen LogP contribution is -2.44. The predicted molar refractivity (Wildman–Crippen MR) is 61.0 cm³/mol. The van der Waals surface area contributed by atoms with E-state index in [0.717, 1.165) is 19.6 Å². The van der Waals surface area contributed by atoms with Crippen LogP contribution in [0.2, 0.25) is 0 Å². The van der Waals surface area contributed by atoms with Crippen molar-refractivity contribution in [1.29, 1.82) is 0 Å². The van der Waals surface area contributed by atoms with Gasteiger partial charge in [0.05, 0.1) is 26.1 Å². The molecule has 0 radical (unpaired) electrons. The zero-order valence-electron chi connectivity index (χ0n) is 9.54. The SMILES string of the molecule is C=COCCCNC(=O)CC1COCCN1. The number of hydrogen-bond donors (Lipinski definition) is 2. The van der Waals surface area contributed by atoms with E-state index >= 15 is 0 Å². The van der Waals surface area contributed by atoms with Gasteiger partial charge in [-0.1, -0.05) is 6.58 Å². The minimum Gasteiger partial charge on any atom is -0.502 e. The molecule has 1 amide bonds. The fraction of sp³-hybridized carbons (Fsp3) is 0.727. The molecule has 2 N–H and O–H groups in total. The number of amides is 1. The van der Waals surface area contributed by atoms with E-state index in [1.54, 1.807) is 0 Å². The summed E-state index contributed by atoms with van der Waals surface area (Å²) in [5.41, 5.74) is 0. The maximum absolute atomic E-state index is 11.5. The highest BCUT2D eigenvalue weighted by molar-refractivity contribution is 5.76. The van der Waals surface area contributed by atoms with Gasteiger partial charge in [0.2, 0.25) is 5.91 Å². The summed E-state index contributed by atoms with van der Waals surface area (Å²) < 4.78 is 10.2. The van der Waals surface area contributed by atoms with Crippen molar-refractivity contribution >= 4 is 5.91 Å². The van der Waals surface area contributed by atoms with Crippen molar-refractivity contribution in [2.75, 3.05) is 32.9 Å². The number of ether oxygens (including phenoxy) is 2. The Balaban J connectivity index is 1.99. The first-order valence-electron chi connectivity index (χ1n) is 5.63. The molecule has 1 unspecified atom stereocenters. The van der Waals surface area contributed by atoms with Gasteiger partial charge in [0.15, 0.2) is 0 Å². The first-order valence-corrected chi connectivity index (χ1v) is 5.63. The molecule has 0 aromatic heterocycles. The molecule has 92 valence electrons. The molecule has 5 nitrogen and oxygen atoms in total. The van der Waals surface area contributed by atoms with Gasteiger partial charge >= 0.3 is 0 Å². The molecule has 1 saturated heterocycles. The fourth-order valence-corrected chi connectivity index (χ4v) is 1.51. The molecular formula is C11H20N2O3. The van der Waals surface area contributed by atoms with Gasteiger partial charge in [-0.05, 0) is 6.42 Å². The molecule has 1 aliphatic rings. The van der Waals surface area contributed by atoms with E-state index in [0.29, 0.717) is 26.2 Å². The minimum atomic E-state index is 0.0570. The smallest absolute Gasteiger partial charge is 0.221 e. The zero-order valence-corrected chi connectivity index (χ0v) is 9.54. The quantitative estimate of drug-likeness (QED) is 0.477. The van der Waals surface area contributed by atoms with Crippen molar-refractivity contribution < 1.29 is 14.3 Å². The Morgan fingerprint density at radius 2 is 2.56 bits per heavy atom. The average molecular weight is 228 g/mol. The van der Waals surface area contributed by atoms with Crippen molar-refractivity contribution in [3.8, 4) is 0 Å². The second kappa shape index (κ2) is 8.13. The van der Waals surface area contributed by atoms with E-state index < -0.39 is 0 Å². The third-order valence-corrected chi connectivity index (χ3v) is 2.31. The second-order valence-corrected chi connectivity index (χ2v) is 3.67. The maximum Gasteiger partial charge on any atom is 0.221 e. The summed E-state index contributed by atoms with van der Waals surface area (Å²) in [7, 11) is 0. The number of morpholine rings is 1. The van der Waals surface area contributed by atoms with E-state index in [9.17, 15) is 4.79 Å². The van der Waals surface area contributed by atoms with E-state index in [4.69, 9.17) is 9.47 Å². The summed E-state index contributed by atoms with van der Waals surface area (Å²) in [5.74, 6) is 0.0570. The summed E-state index contributed by atoms with van der Waals surface area (Å²) in [6, 6.07) is 0.151. The molecule has 1 heterocycles. The highest BCUT2D eigenvalue weighted by Gasteiger charge is 2.16. The lowest BCUT2D eigenvalue weighted by atomic mass is 10.2. The Kier molecular flexibility index (Phi) is 6.60. The monoisotopic (exact) mass is 228 g/mol. The molecular weight excluding hydrogens is 208 g/mol. The normalized spacial score (nSPS) is 20.1. The molecule has 0 spiro atoms. The zero-order chi connectivity index (χ0) is 11.6. The third-order valence-electron chi connectivity index (χ3n) is 2.31. The van der Waals surface area contributed by atoms with Gasteiger partial charge in [0, 0.05) is 25.6 Å². The number of carbonyl (C=O) groups is 1. The Bertz CT molecular complexity index is 215. The van der Waals surface area contributed by atoms with Gasteiger partial charge in [-0.25, -0.2) is 0 Å². The second-order valence-electron chi connectivity index (χ2n) is 3.67. The topological polar surface area (TPSA) is 59.6 Å². The van der Waals surface area contributed by atoms with Crippen molar-refractivity contribution in [3.05, 3.63) is 12.8 Å². The van der Waals surface area contributed by atoms with Gasteiger partial charge in [0.25, 0.3) is 0 Å². The highest BCUT2D eigenvalue weighted by Crippen LogP contribution is 1.98. The average Bonchev–Trinajstić information content (AvgIpc) is 2.30. The molecule has 0 aromatic rings. The third kappa shape index (κ3) is 5.72. The van der Waals surface area contributed by atoms with Crippen LogP contribution in [0.15, 0.2) is 12.8 Å². The predicted octanol–water partition coefficient (Wildman–Crippen LogP) is 0.0313. The standard InChI is InChI=1S/C11H20N2O3/c1-2-15-6-3-4-13-11(14)8-10-9-16-7-5-12-10/h2,10,12H,1,3-9H2,(H,13,14). The van der Waals surface area contributed by atoms with Crippen LogP contribution in [0.1, 0.15) is 12.8 Å². The fourth-order valence-electron chi connectivity index (χ4n) is 1.51. The van der Waals surface area contributed by atoms with Gasteiger partial charge in [-0.2, -0.15) is 0 Å². The van der Waals surface area contributed by atoms with E-state index in [1.165, 1.54) is 6.26 Å². The van der Waals surface area contributed by atoms with Crippen LogP contribution in [0.25, 0.3) is 0 Å². The lowest BCUT2D eigenvalue weighted by Gasteiger charge is -2.23. The van der Waals surface area contributed by atoms with Crippen LogP contribution in [0.5, 0.6) is 0 Å². The minimum absolute atomic E-state index is 0.0570. The van der Waals surface area contributed by atoms with Gasteiger partial charge in [0.1, 0.15) is 0 Å². The van der Waals surface area contributed by atoms with Gasteiger partial charge < -0.3 is 20.1 Å².